The number of nitrogens with one attached hydrogen (secondary N) is 1. The van der Waals surface area contributed by atoms with Crippen molar-refractivity contribution in [2.45, 2.75) is 30.7 Å². The van der Waals surface area contributed by atoms with Gasteiger partial charge in [0, 0.05) is 0 Å². The fourth-order valence-electron chi connectivity index (χ4n) is 5.32. The lowest BCUT2D eigenvalue weighted by atomic mass is 9.97. The third-order valence-corrected chi connectivity index (χ3v) is 7.98. The van der Waals surface area contributed by atoms with E-state index in [1.165, 1.54) is 36.4 Å². The molecule has 14 heteroatoms. The van der Waals surface area contributed by atoms with Crippen molar-refractivity contribution in [3.8, 4) is 0 Å². The highest BCUT2D eigenvalue weighted by Gasteiger charge is 2.53. The summed E-state index contributed by atoms with van der Waals surface area (Å²) in [7, 11) is 0. The van der Waals surface area contributed by atoms with Crippen LogP contribution in [0.3, 0.4) is 0 Å². The number of ether oxygens (including phenoxy) is 8. The summed E-state index contributed by atoms with van der Waals surface area (Å²) in [5.74, 6) is -3.11. The second kappa shape index (κ2) is 21.0. The molecule has 1 heterocycles. The highest BCUT2D eigenvalue weighted by molar-refractivity contribution is 5.91. The van der Waals surface area contributed by atoms with Crippen molar-refractivity contribution in [3.05, 3.63) is 149 Å². The van der Waals surface area contributed by atoms with Gasteiger partial charge in [-0.15, -0.1) is 0 Å². The maximum atomic E-state index is 13.7. The molecule has 1 N–H and O–H groups in total. The van der Waals surface area contributed by atoms with E-state index >= 15 is 0 Å². The zero-order valence-electron chi connectivity index (χ0n) is 29.2. The molecule has 1 fully saturated rings. The van der Waals surface area contributed by atoms with Crippen LogP contribution in [0.2, 0.25) is 0 Å². The Morgan fingerprint density at radius 2 is 0.926 bits per heavy atom. The quantitative estimate of drug-likeness (QED) is 0.0643. The first-order valence-electron chi connectivity index (χ1n) is 17.2. The summed E-state index contributed by atoms with van der Waals surface area (Å²) in [6.07, 6.45) is -7.25. The lowest BCUT2D eigenvalue weighted by Crippen LogP contribution is -2.64. The zero-order valence-corrected chi connectivity index (χ0v) is 29.2. The topological polar surface area (TPSA) is 178 Å². The third kappa shape index (κ3) is 11.6. The van der Waals surface area contributed by atoms with Gasteiger partial charge in [-0.05, 0) is 48.5 Å². The van der Waals surface area contributed by atoms with E-state index in [9.17, 15) is 19.2 Å². The summed E-state index contributed by atoms with van der Waals surface area (Å²) >= 11 is 0. The third-order valence-electron chi connectivity index (χ3n) is 7.98. The lowest BCUT2D eigenvalue weighted by molar-refractivity contribution is -0.484. The number of rotatable bonds is 19. The van der Waals surface area contributed by atoms with E-state index in [2.05, 4.69) is 0 Å². The molecule has 4 aromatic rings. The standard InChI is InChI=1S/C40H40N2O12/c41-42-21-22-47-23-24-48-25-26-49-40-35(54-39(46)31-19-11-4-12-20-31)34(53-38(45)30-17-9-3-10-18-30)33(52-37(44)29-15-7-2-8-16-29)32(51-40)27-50-36(43)28-13-5-1-6-14-28/h1-20,32-35,40,42H,21-27H2/t32?,33-,34+,35?,40+/m1/s1. The van der Waals surface area contributed by atoms with E-state index in [0.717, 1.165) is 0 Å². The molecule has 5 atom stereocenters. The molecule has 5 rings (SSSR count). The first-order valence-corrected chi connectivity index (χ1v) is 17.2. The fourth-order valence-corrected chi connectivity index (χ4v) is 5.32. The van der Waals surface area contributed by atoms with Gasteiger partial charge in [-0.2, -0.15) is 0 Å². The van der Waals surface area contributed by atoms with Gasteiger partial charge in [-0.1, -0.05) is 72.8 Å². The second-order valence-corrected chi connectivity index (χ2v) is 11.7. The summed E-state index contributed by atoms with van der Waals surface area (Å²) in [6.45, 7) is 0.470. The average molecular weight is 741 g/mol. The number of carbonyl (C=O) groups excluding carboxylic acids is 4. The predicted molar refractivity (Wildman–Crippen MR) is 189 cm³/mol. The largest absolute Gasteiger partial charge is 0.508 e. The zero-order chi connectivity index (χ0) is 38.0. The smallest absolute Gasteiger partial charge is 0.338 e. The fraction of sp³-hybridized carbons (Fsp3) is 0.300. The summed E-state index contributed by atoms with van der Waals surface area (Å²) in [5.41, 5.74) is 9.46. The Hall–Kier alpha value is -5.80. The van der Waals surface area contributed by atoms with Crippen LogP contribution < -0.4 is 5.11 Å². The summed E-state index contributed by atoms with van der Waals surface area (Å²) in [4.78, 5) is 53.9. The number of nitrogens with zero attached hydrogens (tertiary/aromatic N) is 1. The Balaban J connectivity index is 1.46. The molecule has 14 nitrogen and oxygen atoms in total. The van der Waals surface area contributed by atoms with Crippen LogP contribution >= 0.6 is 0 Å². The molecule has 2 unspecified atom stereocenters. The Labute approximate surface area is 311 Å². The molecule has 0 amide bonds. The van der Waals surface area contributed by atoms with Gasteiger partial charge < -0.3 is 48.5 Å². The normalized spacial score (nSPS) is 19.2. The molecule has 1 aliphatic rings. The molecular formula is C40H40N2O12. The molecule has 0 bridgehead atoms. The highest BCUT2D eigenvalue weighted by atomic mass is 16.7. The van der Waals surface area contributed by atoms with Crippen LogP contribution in [0.25, 0.3) is 5.53 Å². The first kappa shape index (κ1) is 39.4. The predicted octanol–water partition coefficient (Wildman–Crippen LogP) is 3.40. The lowest BCUT2D eigenvalue weighted by Gasteiger charge is -2.44. The van der Waals surface area contributed by atoms with Crippen LogP contribution in [0.4, 0.5) is 0 Å². The molecular weight excluding hydrogens is 700 g/mol. The highest BCUT2D eigenvalue weighted by Crippen LogP contribution is 2.32. The van der Waals surface area contributed by atoms with Gasteiger partial charge in [0.1, 0.15) is 19.3 Å². The molecule has 0 aliphatic carbocycles. The second-order valence-electron chi connectivity index (χ2n) is 11.7. The van der Waals surface area contributed by atoms with E-state index < -0.39 is 61.2 Å². The van der Waals surface area contributed by atoms with Crippen molar-refractivity contribution >= 4 is 23.9 Å². The number of hydrogen-bond acceptors (Lipinski definition) is 12. The van der Waals surface area contributed by atoms with Crippen LogP contribution in [0.15, 0.2) is 121 Å². The van der Waals surface area contributed by atoms with Crippen LogP contribution in [0.5, 0.6) is 0 Å². The van der Waals surface area contributed by atoms with Gasteiger partial charge >= 0.3 is 23.9 Å². The van der Waals surface area contributed by atoms with Gasteiger partial charge in [0.25, 0.3) is 0 Å². The maximum absolute atomic E-state index is 13.7. The van der Waals surface area contributed by atoms with Crippen molar-refractivity contribution in [3.63, 3.8) is 0 Å². The van der Waals surface area contributed by atoms with Gasteiger partial charge in [-0.3, -0.25) is 0 Å². The summed E-state index contributed by atoms with van der Waals surface area (Å²) < 4.78 is 47.0. The van der Waals surface area contributed by atoms with Crippen LogP contribution in [-0.2, 0) is 37.9 Å². The van der Waals surface area contributed by atoms with Crippen molar-refractivity contribution in [1.29, 1.82) is 0 Å². The molecule has 0 aromatic heterocycles. The van der Waals surface area contributed by atoms with Crippen LogP contribution in [0.1, 0.15) is 41.4 Å². The summed E-state index contributed by atoms with van der Waals surface area (Å²) in [5, 5.41) is 1.99. The van der Waals surface area contributed by atoms with Crippen molar-refractivity contribution in [2.75, 3.05) is 46.2 Å². The monoisotopic (exact) mass is 740 g/mol. The minimum Gasteiger partial charge on any atom is -0.508 e. The molecule has 0 spiro atoms. The van der Waals surface area contributed by atoms with Gasteiger partial charge in [0.05, 0.1) is 48.7 Å². The average Bonchev–Trinajstić information content (AvgIpc) is 3.22. The Morgan fingerprint density at radius 3 is 1.41 bits per heavy atom. The van der Waals surface area contributed by atoms with E-state index in [4.69, 9.17) is 43.4 Å². The minimum absolute atomic E-state index is 0.0510. The Bertz CT molecular complexity index is 1780. The molecule has 4 aromatic carbocycles. The number of benzene rings is 4. The van der Waals surface area contributed by atoms with Gasteiger partial charge in [0.2, 0.25) is 0 Å². The Kier molecular flexibility index (Phi) is 15.4. The van der Waals surface area contributed by atoms with E-state index in [-0.39, 0.29) is 61.8 Å². The first-order chi connectivity index (χ1) is 26.4. The van der Waals surface area contributed by atoms with Gasteiger partial charge in [0.15, 0.2) is 31.1 Å². The van der Waals surface area contributed by atoms with Crippen molar-refractivity contribution in [1.82, 2.24) is 0 Å². The molecule has 1 aliphatic heterocycles. The van der Waals surface area contributed by atoms with Gasteiger partial charge in [-0.25, -0.2) is 19.2 Å². The van der Waals surface area contributed by atoms with E-state index in [1.54, 1.807) is 84.9 Å². The van der Waals surface area contributed by atoms with Crippen LogP contribution in [-0.4, -0.2) is 101 Å². The number of esters is 4. The van der Waals surface area contributed by atoms with E-state index in [1.807, 2.05) is 5.11 Å². The van der Waals surface area contributed by atoms with Crippen molar-refractivity contribution < 1.29 is 62.2 Å². The van der Waals surface area contributed by atoms with E-state index in [0.29, 0.717) is 0 Å². The maximum Gasteiger partial charge on any atom is 0.338 e. The Morgan fingerprint density at radius 1 is 0.519 bits per heavy atom. The molecule has 0 saturated carbocycles. The molecule has 1 saturated heterocycles. The SMILES string of the molecule is [N-]=[NH+]CCOCCOCCO[C@H]1OC(COC(=O)c2ccccc2)[C@@H](OC(=O)c2ccccc2)[C@H](OC(=O)c2ccccc2)C1OC(=O)c1ccccc1. The number of hydrogen-bond donors (Lipinski definition) is 1. The number of carbonyl (C=O) groups is 4. The van der Waals surface area contributed by atoms with Crippen LogP contribution in [0, 0.1) is 0 Å². The molecule has 54 heavy (non-hydrogen) atoms. The summed E-state index contributed by atoms with van der Waals surface area (Å²) in [6, 6.07) is 32.5. The molecule has 282 valence electrons. The van der Waals surface area contributed by atoms with Crippen molar-refractivity contribution in [2.24, 2.45) is 0 Å². The molecule has 0 radical (unpaired) electrons. The minimum atomic E-state index is -1.54.